The summed E-state index contributed by atoms with van der Waals surface area (Å²) < 4.78 is 0. The van der Waals surface area contributed by atoms with E-state index in [1.54, 1.807) is 0 Å². The minimum atomic E-state index is -0.00534. The zero-order valence-electron chi connectivity index (χ0n) is 8.09. The van der Waals surface area contributed by atoms with Crippen molar-refractivity contribution in [2.45, 2.75) is 37.9 Å². The molecule has 2 atom stereocenters. The first-order valence-corrected chi connectivity index (χ1v) is 4.85. The fraction of sp³-hybridized carbons (Fsp3) is 0.778. The maximum Gasteiger partial charge on any atom is 0.114 e. The van der Waals surface area contributed by atoms with Crippen molar-refractivity contribution in [1.82, 2.24) is 10.2 Å². The highest BCUT2D eigenvalue weighted by molar-refractivity contribution is 5.06. The molecule has 0 aromatic carbocycles. The normalized spacial score (nSPS) is 39.1. The Morgan fingerprint density at radius 3 is 3.15 bits per heavy atom. The first-order chi connectivity index (χ1) is 6.07. The Kier molecular flexibility index (Phi) is 1.87. The molecule has 2 aliphatic rings. The quantitative estimate of drug-likeness (QED) is 0.488. The lowest BCUT2D eigenvalue weighted by Gasteiger charge is -2.22. The van der Waals surface area contributed by atoms with Crippen molar-refractivity contribution in [2.24, 2.45) is 11.5 Å². The van der Waals surface area contributed by atoms with Gasteiger partial charge >= 0.3 is 0 Å². The van der Waals surface area contributed by atoms with E-state index in [1.807, 2.05) is 6.20 Å². The lowest BCUT2D eigenvalue weighted by Crippen LogP contribution is -2.36. The number of nitrogens with one attached hydrogen (secondary N) is 1. The highest BCUT2D eigenvalue weighted by atomic mass is 15.3. The lowest BCUT2D eigenvalue weighted by atomic mass is 9.94. The molecular weight excluding hydrogens is 164 g/mol. The van der Waals surface area contributed by atoms with E-state index in [-0.39, 0.29) is 5.54 Å². The van der Waals surface area contributed by atoms with E-state index in [0.717, 1.165) is 31.6 Å². The third-order valence-corrected chi connectivity index (χ3v) is 2.97. The van der Waals surface area contributed by atoms with E-state index in [4.69, 9.17) is 11.5 Å². The van der Waals surface area contributed by atoms with Gasteiger partial charge in [0.1, 0.15) is 5.82 Å². The van der Waals surface area contributed by atoms with Gasteiger partial charge in [0, 0.05) is 18.3 Å². The van der Waals surface area contributed by atoms with E-state index in [9.17, 15) is 0 Å². The fourth-order valence-corrected chi connectivity index (χ4v) is 2.02. The molecule has 0 spiro atoms. The molecule has 74 valence electrons. The zero-order valence-corrected chi connectivity index (χ0v) is 8.09. The predicted molar refractivity (Wildman–Crippen MR) is 52.3 cm³/mol. The van der Waals surface area contributed by atoms with Crippen LogP contribution < -0.4 is 16.8 Å². The summed E-state index contributed by atoms with van der Waals surface area (Å²) in [6, 6.07) is 0. The van der Waals surface area contributed by atoms with Gasteiger partial charge in [-0.05, 0) is 26.2 Å². The SMILES string of the molecule is CC1(N)CCC2NC(N)=CN2CC1. The van der Waals surface area contributed by atoms with E-state index < -0.39 is 0 Å². The van der Waals surface area contributed by atoms with Gasteiger partial charge < -0.3 is 21.7 Å². The Hall–Kier alpha value is -0.900. The molecule has 2 heterocycles. The second kappa shape index (κ2) is 2.80. The molecule has 2 unspecified atom stereocenters. The van der Waals surface area contributed by atoms with E-state index in [0.29, 0.717) is 6.17 Å². The topological polar surface area (TPSA) is 67.3 Å². The van der Waals surface area contributed by atoms with Crippen LogP contribution in [0.1, 0.15) is 26.2 Å². The largest absolute Gasteiger partial charge is 0.384 e. The molecule has 2 rings (SSSR count). The lowest BCUT2D eigenvalue weighted by molar-refractivity contribution is 0.282. The molecule has 5 N–H and O–H groups in total. The number of hydrogen-bond donors (Lipinski definition) is 3. The predicted octanol–water partition coefficient (Wildman–Crippen LogP) is -0.123. The first-order valence-electron chi connectivity index (χ1n) is 4.85. The summed E-state index contributed by atoms with van der Waals surface area (Å²) in [6.45, 7) is 3.13. The molecule has 1 saturated heterocycles. The fourth-order valence-electron chi connectivity index (χ4n) is 2.02. The Morgan fingerprint density at radius 2 is 2.38 bits per heavy atom. The molecule has 13 heavy (non-hydrogen) atoms. The summed E-state index contributed by atoms with van der Waals surface area (Å²) in [5.74, 6) is 0.783. The van der Waals surface area contributed by atoms with Gasteiger partial charge in [-0.15, -0.1) is 0 Å². The standard InChI is InChI=1S/C9H18N4/c1-9(11)3-2-8-12-7(10)6-13(8)5-4-9/h6,8,12H,2-5,10-11H2,1H3. The van der Waals surface area contributed by atoms with Gasteiger partial charge in [0.25, 0.3) is 0 Å². The van der Waals surface area contributed by atoms with Crippen LogP contribution in [0.25, 0.3) is 0 Å². The Morgan fingerprint density at radius 1 is 1.62 bits per heavy atom. The maximum atomic E-state index is 6.11. The maximum absolute atomic E-state index is 6.11. The van der Waals surface area contributed by atoms with Gasteiger partial charge in [-0.25, -0.2) is 0 Å². The number of nitrogens with zero attached hydrogens (tertiary/aromatic N) is 1. The summed E-state index contributed by atoms with van der Waals surface area (Å²) >= 11 is 0. The highest BCUT2D eigenvalue weighted by Gasteiger charge is 2.30. The molecule has 0 amide bonds. The van der Waals surface area contributed by atoms with Crippen molar-refractivity contribution >= 4 is 0 Å². The molecule has 0 aromatic rings. The third kappa shape index (κ3) is 1.72. The number of fused-ring (bicyclic) bond motifs is 1. The molecule has 2 aliphatic heterocycles. The van der Waals surface area contributed by atoms with Gasteiger partial charge in [-0.1, -0.05) is 0 Å². The number of nitrogens with two attached hydrogens (primary N) is 2. The average Bonchev–Trinajstić information content (AvgIpc) is 2.34. The van der Waals surface area contributed by atoms with Gasteiger partial charge in [0.2, 0.25) is 0 Å². The van der Waals surface area contributed by atoms with Crippen LogP contribution in [0.15, 0.2) is 12.0 Å². The van der Waals surface area contributed by atoms with Crippen molar-refractivity contribution in [3.8, 4) is 0 Å². The second-order valence-electron chi connectivity index (χ2n) is 4.43. The van der Waals surface area contributed by atoms with Crippen LogP contribution in [-0.4, -0.2) is 23.1 Å². The van der Waals surface area contributed by atoms with Gasteiger partial charge in [-0.2, -0.15) is 0 Å². The van der Waals surface area contributed by atoms with E-state index >= 15 is 0 Å². The van der Waals surface area contributed by atoms with E-state index in [1.165, 1.54) is 0 Å². The van der Waals surface area contributed by atoms with Crippen LogP contribution in [0.5, 0.6) is 0 Å². The molecule has 0 aromatic heterocycles. The number of rotatable bonds is 0. The molecular formula is C9H18N4. The molecule has 0 saturated carbocycles. The van der Waals surface area contributed by atoms with Crippen LogP contribution in [0.3, 0.4) is 0 Å². The van der Waals surface area contributed by atoms with Gasteiger partial charge in [0.15, 0.2) is 0 Å². The Balaban J connectivity index is 2.05. The highest BCUT2D eigenvalue weighted by Crippen LogP contribution is 2.24. The van der Waals surface area contributed by atoms with Crippen molar-refractivity contribution in [3.63, 3.8) is 0 Å². The third-order valence-electron chi connectivity index (χ3n) is 2.97. The summed E-state index contributed by atoms with van der Waals surface area (Å²) in [6.07, 6.45) is 5.54. The zero-order chi connectivity index (χ0) is 9.47. The second-order valence-corrected chi connectivity index (χ2v) is 4.43. The first kappa shape index (κ1) is 8.69. The summed E-state index contributed by atoms with van der Waals surface area (Å²) in [4.78, 5) is 2.26. The molecule has 1 fully saturated rings. The molecule has 0 aliphatic carbocycles. The van der Waals surface area contributed by atoms with Crippen molar-refractivity contribution in [3.05, 3.63) is 12.0 Å². The van der Waals surface area contributed by atoms with E-state index in [2.05, 4.69) is 17.1 Å². The molecule has 0 bridgehead atoms. The van der Waals surface area contributed by atoms with Crippen molar-refractivity contribution in [1.29, 1.82) is 0 Å². The number of hydrogen-bond acceptors (Lipinski definition) is 4. The summed E-state index contributed by atoms with van der Waals surface area (Å²) in [5.41, 5.74) is 11.8. The molecule has 4 nitrogen and oxygen atoms in total. The van der Waals surface area contributed by atoms with Crippen LogP contribution in [-0.2, 0) is 0 Å². The minimum absolute atomic E-state index is 0.00534. The van der Waals surface area contributed by atoms with Crippen molar-refractivity contribution < 1.29 is 0 Å². The van der Waals surface area contributed by atoms with Crippen molar-refractivity contribution in [2.75, 3.05) is 6.54 Å². The monoisotopic (exact) mass is 182 g/mol. The smallest absolute Gasteiger partial charge is 0.114 e. The Labute approximate surface area is 78.9 Å². The minimum Gasteiger partial charge on any atom is -0.384 e. The summed E-state index contributed by atoms with van der Waals surface area (Å²) in [7, 11) is 0. The van der Waals surface area contributed by atoms with Crippen LogP contribution in [0.2, 0.25) is 0 Å². The average molecular weight is 182 g/mol. The van der Waals surface area contributed by atoms with Gasteiger partial charge in [0.05, 0.1) is 6.17 Å². The van der Waals surface area contributed by atoms with Crippen LogP contribution >= 0.6 is 0 Å². The van der Waals surface area contributed by atoms with Crippen LogP contribution in [0.4, 0.5) is 0 Å². The molecule has 0 radical (unpaired) electrons. The Bertz CT molecular complexity index is 234. The molecule has 4 heteroatoms. The van der Waals surface area contributed by atoms with Gasteiger partial charge in [-0.3, -0.25) is 0 Å². The summed E-state index contributed by atoms with van der Waals surface area (Å²) in [5, 5.41) is 3.24. The van der Waals surface area contributed by atoms with Crippen LogP contribution in [0, 0.1) is 0 Å².